The molecule has 0 saturated heterocycles. The smallest absolute Gasteiger partial charge is 0.0882 e. The molecule has 0 fully saturated rings. The average molecular weight is 196 g/mol. The fourth-order valence-corrected chi connectivity index (χ4v) is 1.47. The lowest BCUT2D eigenvalue weighted by molar-refractivity contribution is 0.269. The van der Waals surface area contributed by atoms with Crippen molar-refractivity contribution >= 4 is 0 Å². The Balaban J connectivity index is 3.19. The van der Waals surface area contributed by atoms with Crippen molar-refractivity contribution in [3.05, 3.63) is 17.5 Å². The van der Waals surface area contributed by atoms with Crippen molar-refractivity contribution in [1.29, 1.82) is 0 Å². The maximum Gasteiger partial charge on any atom is 0.0882 e. The van der Waals surface area contributed by atoms with E-state index in [1.807, 2.05) is 10.7 Å². The van der Waals surface area contributed by atoms with Crippen LogP contribution in [0.15, 0.2) is 6.07 Å². The Morgan fingerprint density at radius 1 is 1.43 bits per heavy atom. The standard InChI is InChI=1S/C11H20N2O/c1-8(2)10-6-9(7-14)12-13(10)11(3,4)5/h6,8,14H,7H2,1-5H3. The molecule has 0 bridgehead atoms. The van der Waals surface area contributed by atoms with Crippen molar-refractivity contribution in [2.24, 2.45) is 0 Å². The van der Waals surface area contributed by atoms with E-state index in [2.05, 4.69) is 39.7 Å². The van der Waals surface area contributed by atoms with Gasteiger partial charge in [-0.3, -0.25) is 4.68 Å². The molecular weight excluding hydrogens is 176 g/mol. The number of nitrogens with zero attached hydrogens (tertiary/aromatic N) is 2. The highest BCUT2D eigenvalue weighted by Crippen LogP contribution is 2.23. The zero-order valence-corrected chi connectivity index (χ0v) is 9.70. The van der Waals surface area contributed by atoms with E-state index in [1.165, 1.54) is 5.69 Å². The second-order valence-corrected chi connectivity index (χ2v) is 4.96. The second-order valence-electron chi connectivity index (χ2n) is 4.96. The quantitative estimate of drug-likeness (QED) is 0.787. The van der Waals surface area contributed by atoms with Gasteiger partial charge in [-0.2, -0.15) is 5.10 Å². The normalized spacial score (nSPS) is 12.5. The Kier molecular flexibility index (Phi) is 3.00. The Morgan fingerprint density at radius 3 is 2.29 bits per heavy atom. The maximum absolute atomic E-state index is 9.05. The van der Waals surface area contributed by atoms with Crippen LogP contribution < -0.4 is 0 Å². The van der Waals surface area contributed by atoms with Crippen LogP contribution >= 0.6 is 0 Å². The van der Waals surface area contributed by atoms with Gasteiger partial charge in [-0.15, -0.1) is 0 Å². The van der Waals surface area contributed by atoms with E-state index < -0.39 is 0 Å². The summed E-state index contributed by atoms with van der Waals surface area (Å²) in [7, 11) is 0. The van der Waals surface area contributed by atoms with Gasteiger partial charge < -0.3 is 5.11 Å². The van der Waals surface area contributed by atoms with Crippen molar-refractivity contribution in [3.8, 4) is 0 Å². The number of rotatable bonds is 2. The fourth-order valence-electron chi connectivity index (χ4n) is 1.47. The van der Waals surface area contributed by atoms with Crippen LogP contribution in [0.3, 0.4) is 0 Å². The van der Waals surface area contributed by atoms with Crippen LogP contribution in [0, 0.1) is 0 Å². The van der Waals surface area contributed by atoms with Gasteiger partial charge in [0, 0.05) is 5.69 Å². The van der Waals surface area contributed by atoms with Crippen LogP contribution in [0.1, 0.15) is 51.9 Å². The van der Waals surface area contributed by atoms with Crippen molar-refractivity contribution in [2.75, 3.05) is 0 Å². The van der Waals surface area contributed by atoms with Crippen LogP contribution in [0.5, 0.6) is 0 Å². The molecule has 3 nitrogen and oxygen atoms in total. The molecule has 0 aliphatic rings. The van der Waals surface area contributed by atoms with Crippen molar-refractivity contribution in [3.63, 3.8) is 0 Å². The predicted octanol–water partition coefficient (Wildman–Crippen LogP) is 2.25. The maximum atomic E-state index is 9.05. The van der Waals surface area contributed by atoms with Gasteiger partial charge in [0.05, 0.1) is 17.8 Å². The van der Waals surface area contributed by atoms with Gasteiger partial charge in [0.25, 0.3) is 0 Å². The van der Waals surface area contributed by atoms with E-state index in [0.717, 1.165) is 5.69 Å². The lowest BCUT2D eigenvalue weighted by atomic mass is 10.1. The van der Waals surface area contributed by atoms with Gasteiger partial charge in [0.2, 0.25) is 0 Å². The minimum absolute atomic E-state index is 0.0167. The second kappa shape index (κ2) is 3.73. The molecule has 1 aromatic heterocycles. The average Bonchev–Trinajstić information content (AvgIpc) is 2.46. The lowest BCUT2D eigenvalue weighted by Crippen LogP contribution is -2.25. The monoisotopic (exact) mass is 196 g/mol. The Morgan fingerprint density at radius 2 is 2.00 bits per heavy atom. The van der Waals surface area contributed by atoms with Crippen molar-refractivity contribution in [1.82, 2.24) is 9.78 Å². The number of aromatic nitrogens is 2. The highest BCUT2D eigenvalue weighted by molar-refractivity contribution is 5.14. The van der Waals surface area contributed by atoms with Crippen LogP contribution in [0.2, 0.25) is 0 Å². The van der Waals surface area contributed by atoms with Gasteiger partial charge in [0.15, 0.2) is 0 Å². The molecular formula is C11H20N2O. The van der Waals surface area contributed by atoms with Gasteiger partial charge >= 0.3 is 0 Å². The molecule has 14 heavy (non-hydrogen) atoms. The molecule has 1 aromatic rings. The van der Waals surface area contributed by atoms with Gasteiger partial charge in [-0.05, 0) is 32.8 Å². The summed E-state index contributed by atoms with van der Waals surface area (Å²) in [5.74, 6) is 0.432. The zero-order chi connectivity index (χ0) is 10.9. The van der Waals surface area contributed by atoms with Gasteiger partial charge in [0.1, 0.15) is 0 Å². The molecule has 3 heteroatoms. The zero-order valence-electron chi connectivity index (χ0n) is 9.70. The largest absolute Gasteiger partial charge is 0.390 e. The molecule has 0 spiro atoms. The van der Waals surface area contributed by atoms with E-state index in [4.69, 9.17) is 5.11 Å². The summed E-state index contributed by atoms with van der Waals surface area (Å²) in [6, 6.07) is 1.98. The summed E-state index contributed by atoms with van der Waals surface area (Å²) in [5.41, 5.74) is 1.91. The first-order chi connectivity index (χ1) is 6.36. The topological polar surface area (TPSA) is 38.1 Å². The molecule has 0 aliphatic carbocycles. The minimum atomic E-state index is -0.0208. The van der Waals surface area contributed by atoms with Gasteiger partial charge in [-0.25, -0.2) is 0 Å². The summed E-state index contributed by atoms with van der Waals surface area (Å²) in [6.07, 6.45) is 0. The van der Waals surface area contributed by atoms with Crippen LogP contribution in [0.4, 0.5) is 0 Å². The van der Waals surface area contributed by atoms with E-state index in [0.29, 0.717) is 5.92 Å². The van der Waals surface area contributed by atoms with Gasteiger partial charge in [-0.1, -0.05) is 13.8 Å². The number of hydrogen-bond donors (Lipinski definition) is 1. The van der Waals surface area contributed by atoms with Crippen molar-refractivity contribution < 1.29 is 5.11 Å². The number of hydrogen-bond acceptors (Lipinski definition) is 2. The summed E-state index contributed by atoms with van der Waals surface area (Å²) in [6.45, 7) is 10.6. The van der Waals surface area contributed by atoms with Crippen LogP contribution in [0.25, 0.3) is 0 Å². The SMILES string of the molecule is CC(C)c1cc(CO)nn1C(C)(C)C. The van der Waals surface area contributed by atoms with Crippen molar-refractivity contribution in [2.45, 2.75) is 52.7 Å². The first-order valence-corrected chi connectivity index (χ1v) is 5.06. The molecule has 0 unspecified atom stereocenters. The molecule has 1 heterocycles. The summed E-state index contributed by atoms with van der Waals surface area (Å²) in [5, 5.41) is 13.4. The summed E-state index contributed by atoms with van der Waals surface area (Å²) < 4.78 is 2.00. The highest BCUT2D eigenvalue weighted by Gasteiger charge is 2.20. The Bertz CT molecular complexity index is 308. The van der Waals surface area contributed by atoms with Crippen LogP contribution in [-0.4, -0.2) is 14.9 Å². The first kappa shape index (κ1) is 11.2. The minimum Gasteiger partial charge on any atom is -0.390 e. The highest BCUT2D eigenvalue weighted by atomic mass is 16.3. The molecule has 0 aromatic carbocycles. The fraction of sp³-hybridized carbons (Fsp3) is 0.727. The molecule has 0 radical (unpaired) electrons. The molecule has 80 valence electrons. The molecule has 0 atom stereocenters. The molecule has 0 aliphatic heterocycles. The Labute approximate surface area is 85.8 Å². The predicted molar refractivity (Wildman–Crippen MR) is 57.2 cm³/mol. The van der Waals surface area contributed by atoms with E-state index in [1.54, 1.807) is 0 Å². The third-order valence-electron chi connectivity index (χ3n) is 2.18. The summed E-state index contributed by atoms with van der Waals surface area (Å²) in [4.78, 5) is 0. The van der Waals surface area contributed by atoms with E-state index >= 15 is 0 Å². The number of aliphatic hydroxyl groups excluding tert-OH is 1. The molecule has 1 N–H and O–H groups in total. The summed E-state index contributed by atoms with van der Waals surface area (Å²) >= 11 is 0. The first-order valence-electron chi connectivity index (χ1n) is 5.06. The van der Waals surface area contributed by atoms with E-state index in [9.17, 15) is 0 Å². The molecule has 1 rings (SSSR count). The van der Waals surface area contributed by atoms with Crippen LogP contribution in [-0.2, 0) is 12.1 Å². The third kappa shape index (κ3) is 2.15. The Hall–Kier alpha value is -0.830. The molecule has 0 saturated carbocycles. The van der Waals surface area contributed by atoms with E-state index in [-0.39, 0.29) is 12.1 Å². The molecule has 0 amide bonds. The third-order valence-corrected chi connectivity index (χ3v) is 2.18. The lowest BCUT2D eigenvalue weighted by Gasteiger charge is -2.23. The number of aliphatic hydroxyl groups is 1.